The minimum atomic E-state index is -0.260. The van der Waals surface area contributed by atoms with Crippen LogP contribution in [0.3, 0.4) is 0 Å². The van der Waals surface area contributed by atoms with Crippen molar-refractivity contribution in [3.63, 3.8) is 0 Å². The molecule has 0 amide bonds. The van der Waals surface area contributed by atoms with Crippen LogP contribution in [-0.2, 0) is 11.2 Å². The average Bonchev–Trinajstić information content (AvgIpc) is 2.31. The largest absolute Gasteiger partial charge is 0.378 e. The lowest BCUT2D eigenvalue weighted by molar-refractivity contribution is -0.0281. The van der Waals surface area contributed by atoms with Gasteiger partial charge in [0.25, 0.3) is 0 Å². The summed E-state index contributed by atoms with van der Waals surface area (Å²) in [7, 11) is 0. The lowest BCUT2D eigenvalue weighted by Crippen LogP contribution is -2.36. The summed E-state index contributed by atoms with van der Waals surface area (Å²) in [6.07, 6.45) is 3.97. The van der Waals surface area contributed by atoms with E-state index in [0.717, 1.165) is 25.9 Å². The summed E-state index contributed by atoms with van der Waals surface area (Å²) in [5, 5.41) is 0.469. The number of ether oxygens (including phenoxy) is 1. The van der Waals surface area contributed by atoms with Crippen molar-refractivity contribution < 1.29 is 9.13 Å². The molecule has 0 bridgehead atoms. The Morgan fingerprint density at radius 1 is 1.47 bits per heavy atom. The normalized spacial score (nSPS) is 24.0. The van der Waals surface area contributed by atoms with E-state index < -0.39 is 0 Å². The van der Waals surface area contributed by atoms with Crippen LogP contribution in [0.4, 0.5) is 4.39 Å². The van der Waals surface area contributed by atoms with Gasteiger partial charge in [-0.1, -0.05) is 17.7 Å². The molecule has 2 nitrogen and oxygen atoms in total. The number of benzene rings is 1. The Morgan fingerprint density at radius 2 is 2.21 bits per heavy atom. The maximum absolute atomic E-state index is 13.6. The molecule has 2 N–H and O–H groups in total. The Hall–Kier alpha value is -0.640. The fourth-order valence-corrected chi connectivity index (χ4v) is 2.98. The maximum Gasteiger partial charge on any atom is 0.127 e. The van der Waals surface area contributed by atoms with Gasteiger partial charge in [0, 0.05) is 23.2 Å². The Balaban J connectivity index is 1.81. The number of rotatable bonds is 6. The lowest BCUT2D eigenvalue weighted by Gasteiger charge is -2.36. The molecule has 1 aliphatic rings. The van der Waals surface area contributed by atoms with Crippen molar-refractivity contribution in [3.8, 4) is 0 Å². The molecule has 1 fully saturated rings. The smallest absolute Gasteiger partial charge is 0.127 e. The van der Waals surface area contributed by atoms with Gasteiger partial charge < -0.3 is 10.5 Å². The Labute approximate surface area is 119 Å². The van der Waals surface area contributed by atoms with Crippen LogP contribution in [0.2, 0.25) is 5.02 Å². The van der Waals surface area contributed by atoms with Crippen LogP contribution in [0.15, 0.2) is 18.2 Å². The first-order valence-corrected chi connectivity index (χ1v) is 7.28. The molecule has 1 aromatic carbocycles. The van der Waals surface area contributed by atoms with Crippen LogP contribution in [-0.4, -0.2) is 18.8 Å². The molecular formula is C15H21ClFNO. The van der Waals surface area contributed by atoms with Crippen molar-refractivity contribution in [3.05, 3.63) is 34.6 Å². The van der Waals surface area contributed by atoms with E-state index in [0.29, 0.717) is 29.0 Å². The monoisotopic (exact) mass is 285 g/mol. The summed E-state index contributed by atoms with van der Waals surface area (Å²) in [6.45, 7) is 2.79. The highest BCUT2D eigenvalue weighted by atomic mass is 35.5. The maximum atomic E-state index is 13.6. The summed E-state index contributed by atoms with van der Waals surface area (Å²) in [4.78, 5) is 0. The molecule has 2 rings (SSSR count). The highest BCUT2D eigenvalue weighted by Crippen LogP contribution is 2.34. The van der Waals surface area contributed by atoms with Gasteiger partial charge in [0.2, 0.25) is 0 Å². The number of hydrogen-bond acceptors (Lipinski definition) is 2. The molecule has 1 aliphatic carbocycles. The van der Waals surface area contributed by atoms with Crippen LogP contribution >= 0.6 is 11.6 Å². The van der Waals surface area contributed by atoms with Gasteiger partial charge in [-0.2, -0.15) is 0 Å². The van der Waals surface area contributed by atoms with Gasteiger partial charge in [-0.05, 0) is 50.7 Å². The minimum absolute atomic E-state index is 0.0398. The molecule has 1 unspecified atom stereocenters. The second kappa shape index (κ2) is 6.69. The zero-order chi connectivity index (χ0) is 13.8. The van der Waals surface area contributed by atoms with Crippen molar-refractivity contribution in [1.82, 2.24) is 0 Å². The average molecular weight is 286 g/mol. The molecule has 4 heteroatoms. The first-order valence-electron chi connectivity index (χ1n) is 6.90. The number of hydrogen-bond donors (Lipinski definition) is 1. The van der Waals surface area contributed by atoms with Crippen LogP contribution in [0, 0.1) is 11.7 Å². The minimum Gasteiger partial charge on any atom is -0.378 e. The number of nitrogens with two attached hydrogens (primary N) is 1. The topological polar surface area (TPSA) is 35.2 Å². The Bertz CT molecular complexity index is 400. The van der Waals surface area contributed by atoms with Crippen LogP contribution < -0.4 is 5.73 Å². The van der Waals surface area contributed by atoms with E-state index >= 15 is 0 Å². The van der Waals surface area contributed by atoms with Crippen molar-refractivity contribution in [1.29, 1.82) is 0 Å². The second-order valence-electron chi connectivity index (χ2n) is 5.31. The molecule has 0 saturated heterocycles. The van der Waals surface area contributed by atoms with Crippen LogP contribution in [0.25, 0.3) is 0 Å². The third kappa shape index (κ3) is 3.91. The highest BCUT2D eigenvalue weighted by molar-refractivity contribution is 6.31. The Kier molecular flexibility index (Phi) is 5.20. The summed E-state index contributed by atoms with van der Waals surface area (Å²) in [6, 6.07) is 4.72. The third-order valence-electron chi connectivity index (χ3n) is 3.76. The second-order valence-corrected chi connectivity index (χ2v) is 5.72. The van der Waals surface area contributed by atoms with Crippen molar-refractivity contribution >= 4 is 11.6 Å². The van der Waals surface area contributed by atoms with E-state index in [1.54, 1.807) is 12.1 Å². The summed E-state index contributed by atoms with van der Waals surface area (Å²) in [5.74, 6) is 0.348. The van der Waals surface area contributed by atoms with Gasteiger partial charge in [0.05, 0.1) is 6.10 Å². The highest BCUT2D eigenvalue weighted by Gasteiger charge is 2.30. The fourth-order valence-electron chi connectivity index (χ4n) is 2.74. The van der Waals surface area contributed by atoms with Gasteiger partial charge in [-0.15, -0.1) is 0 Å². The third-order valence-corrected chi connectivity index (χ3v) is 4.11. The van der Waals surface area contributed by atoms with E-state index in [1.807, 2.05) is 6.92 Å². The van der Waals surface area contributed by atoms with Gasteiger partial charge in [0.15, 0.2) is 0 Å². The van der Waals surface area contributed by atoms with E-state index in [4.69, 9.17) is 22.1 Å². The molecule has 1 atom stereocenters. The zero-order valence-electron chi connectivity index (χ0n) is 11.2. The predicted molar refractivity (Wildman–Crippen MR) is 75.8 cm³/mol. The van der Waals surface area contributed by atoms with Gasteiger partial charge >= 0.3 is 0 Å². The van der Waals surface area contributed by atoms with Crippen molar-refractivity contribution in [2.24, 2.45) is 11.7 Å². The van der Waals surface area contributed by atoms with E-state index in [-0.39, 0.29) is 11.9 Å². The Morgan fingerprint density at radius 3 is 2.84 bits per heavy atom. The molecule has 106 valence electrons. The molecule has 19 heavy (non-hydrogen) atoms. The molecule has 0 aliphatic heterocycles. The fraction of sp³-hybridized carbons (Fsp3) is 0.600. The first kappa shape index (κ1) is 14.8. The molecule has 0 aromatic heterocycles. The quantitative estimate of drug-likeness (QED) is 0.867. The molecule has 0 heterocycles. The number of halogens is 2. The SMILES string of the molecule is CCOC1CC(CC(N)Cc2c(F)cccc2Cl)C1. The van der Waals surface area contributed by atoms with Crippen LogP contribution in [0.1, 0.15) is 31.7 Å². The molecule has 0 spiro atoms. The van der Waals surface area contributed by atoms with Gasteiger partial charge in [0.1, 0.15) is 5.82 Å². The van der Waals surface area contributed by atoms with E-state index in [1.165, 1.54) is 6.07 Å². The predicted octanol–water partition coefficient (Wildman–Crippen LogP) is 3.55. The van der Waals surface area contributed by atoms with Gasteiger partial charge in [-0.3, -0.25) is 0 Å². The molecular weight excluding hydrogens is 265 g/mol. The molecule has 1 saturated carbocycles. The van der Waals surface area contributed by atoms with E-state index in [9.17, 15) is 4.39 Å². The van der Waals surface area contributed by atoms with Crippen molar-refractivity contribution in [2.75, 3.05) is 6.61 Å². The first-order chi connectivity index (χ1) is 9.10. The lowest BCUT2D eigenvalue weighted by atomic mass is 9.77. The zero-order valence-corrected chi connectivity index (χ0v) is 12.0. The molecule has 0 radical (unpaired) electrons. The van der Waals surface area contributed by atoms with Crippen LogP contribution in [0.5, 0.6) is 0 Å². The summed E-state index contributed by atoms with van der Waals surface area (Å²) in [5.41, 5.74) is 6.65. The van der Waals surface area contributed by atoms with Gasteiger partial charge in [-0.25, -0.2) is 4.39 Å². The summed E-state index contributed by atoms with van der Waals surface area (Å²) >= 11 is 6.01. The van der Waals surface area contributed by atoms with E-state index in [2.05, 4.69) is 0 Å². The summed E-state index contributed by atoms with van der Waals surface area (Å²) < 4.78 is 19.2. The standard InChI is InChI=1S/C15H21ClFNO/c1-2-19-12-7-10(8-12)6-11(18)9-13-14(16)4-3-5-15(13)17/h3-5,10-12H,2,6-9,18H2,1H3. The molecule has 1 aromatic rings. The van der Waals surface area contributed by atoms with Crippen molar-refractivity contribution in [2.45, 2.75) is 44.8 Å².